The number of benzene rings is 2. The number of phenolic OH excluding ortho intramolecular Hbond substituents is 1. The molecule has 1 fully saturated rings. The quantitative estimate of drug-likeness (QED) is 0.846. The molecule has 0 amide bonds. The van der Waals surface area contributed by atoms with E-state index in [0.717, 1.165) is 6.42 Å². The minimum absolute atomic E-state index is 0.231. The Balaban J connectivity index is 1.87. The van der Waals surface area contributed by atoms with Gasteiger partial charge < -0.3 is 10.8 Å². The van der Waals surface area contributed by atoms with Gasteiger partial charge in [-0.05, 0) is 36.6 Å². The first kappa shape index (κ1) is 11.3. The van der Waals surface area contributed by atoms with Gasteiger partial charge in [0.1, 0.15) is 5.75 Å². The molecule has 0 spiro atoms. The van der Waals surface area contributed by atoms with Crippen LogP contribution in [-0.2, 0) is 5.54 Å². The average Bonchev–Trinajstić information content (AvgIpc) is 3.04. The van der Waals surface area contributed by atoms with Crippen molar-refractivity contribution in [3.8, 4) is 5.75 Å². The summed E-state index contributed by atoms with van der Waals surface area (Å²) in [6.07, 6.45) is 0.973. The Kier molecular flexibility index (Phi) is 2.42. The summed E-state index contributed by atoms with van der Waals surface area (Å²) >= 11 is 0. The van der Waals surface area contributed by atoms with Gasteiger partial charge >= 0.3 is 0 Å². The van der Waals surface area contributed by atoms with Crippen LogP contribution in [0.15, 0.2) is 48.5 Å². The van der Waals surface area contributed by atoms with E-state index in [1.54, 1.807) is 12.1 Å². The molecule has 0 bridgehead atoms. The SMILES string of the molecule is Cc1ccc(C2(N)CC2c2ccc(O)cc2)cc1. The topological polar surface area (TPSA) is 46.2 Å². The van der Waals surface area contributed by atoms with Gasteiger partial charge in [0.15, 0.2) is 0 Å². The monoisotopic (exact) mass is 239 g/mol. The largest absolute Gasteiger partial charge is 0.508 e. The molecule has 3 N–H and O–H groups in total. The molecule has 1 aliphatic rings. The zero-order chi connectivity index (χ0) is 12.8. The fraction of sp³-hybridized carbons (Fsp3) is 0.250. The van der Waals surface area contributed by atoms with Crippen molar-refractivity contribution in [2.45, 2.75) is 24.8 Å². The van der Waals surface area contributed by atoms with Gasteiger partial charge in [-0.1, -0.05) is 42.0 Å². The molecule has 2 aromatic rings. The smallest absolute Gasteiger partial charge is 0.115 e. The van der Waals surface area contributed by atoms with E-state index < -0.39 is 0 Å². The molecule has 2 heteroatoms. The summed E-state index contributed by atoms with van der Waals surface area (Å²) in [5.41, 5.74) is 9.90. The van der Waals surface area contributed by atoms with Crippen LogP contribution in [0.5, 0.6) is 5.75 Å². The molecule has 2 atom stereocenters. The fourth-order valence-corrected chi connectivity index (χ4v) is 2.58. The summed E-state index contributed by atoms with van der Waals surface area (Å²) in [5, 5.41) is 9.31. The van der Waals surface area contributed by atoms with Crippen molar-refractivity contribution in [1.82, 2.24) is 0 Å². The molecule has 92 valence electrons. The molecule has 1 aliphatic carbocycles. The van der Waals surface area contributed by atoms with Crippen LogP contribution in [0.3, 0.4) is 0 Å². The van der Waals surface area contributed by atoms with Gasteiger partial charge in [0.2, 0.25) is 0 Å². The number of hydrogen-bond acceptors (Lipinski definition) is 2. The second-order valence-electron chi connectivity index (χ2n) is 5.25. The second kappa shape index (κ2) is 3.85. The molecular formula is C16H17NO. The third kappa shape index (κ3) is 1.79. The first-order chi connectivity index (χ1) is 8.59. The van der Waals surface area contributed by atoms with E-state index in [0.29, 0.717) is 11.7 Å². The molecule has 2 unspecified atom stereocenters. The van der Waals surface area contributed by atoms with E-state index in [9.17, 15) is 5.11 Å². The molecule has 3 rings (SSSR count). The van der Waals surface area contributed by atoms with Gasteiger partial charge in [0.25, 0.3) is 0 Å². The lowest BCUT2D eigenvalue weighted by molar-refractivity contribution is 0.475. The van der Waals surface area contributed by atoms with Crippen LogP contribution in [0.25, 0.3) is 0 Å². The van der Waals surface area contributed by atoms with E-state index in [1.807, 2.05) is 12.1 Å². The number of aromatic hydroxyl groups is 1. The summed E-state index contributed by atoms with van der Waals surface area (Å²) in [5.74, 6) is 0.665. The van der Waals surface area contributed by atoms with Crippen molar-refractivity contribution >= 4 is 0 Å². The fourth-order valence-electron chi connectivity index (χ4n) is 2.58. The van der Waals surface area contributed by atoms with Crippen LogP contribution in [0, 0.1) is 6.92 Å². The molecule has 0 radical (unpaired) electrons. The van der Waals surface area contributed by atoms with E-state index in [1.165, 1.54) is 16.7 Å². The molecule has 2 aromatic carbocycles. The summed E-state index contributed by atoms with van der Waals surface area (Å²) < 4.78 is 0. The third-order valence-electron chi connectivity index (χ3n) is 3.89. The Labute approximate surface area is 107 Å². The number of phenols is 1. The standard InChI is InChI=1S/C16H17NO/c1-11-2-6-13(7-3-11)16(17)10-15(16)12-4-8-14(18)9-5-12/h2-9,15,18H,10,17H2,1H3. The maximum Gasteiger partial charge on any atom is 0.115 e. The van der Waals surface area contributed by atoms with E-state index in [2.05, 4.69) is 31.2 Å². The van der Waals surface area contributed by atoms with Crippen LogP contribution >= 0.6 is 0 Å². The lowest BCUT2D eigenvalue weighted by atomic mass is 9.98. The molecule has 0 heterocycles. The van der Waals surface area contributed by atoms with Gasteiger partial charge in [0.05, 0.1) is 0 Å². The Hall–Kier alpha value is -1.80. The lowest BCUT2D eigenvalue weighted by Crippen LogP contribution is -2.21. The summed E-state index contributed by atoms with van der Waals surface area (Å²) in [6, 6.07) is 15.8. The van der Waals surface area contributed by atoms with Crippen LogP contribution in [-0.4, -0.2) is 5.11 Å². The Bertz CT molecular complexity index is 559. The van der Waals surface area contributed by atoms with Gasteiger partial charge in [-0.15, -0.1) is 0 Å². The predicted octanol–water partition coefficient (Wildman–Crippen LogP) is 3.04. The van der Waals surface area contributed by atoms with Crippen LogP contribution in [0.4, 0.5) is 0 Å². The second-order valence-corrected chi connectivity index (χ2v) is 5.25. The molecule has 1 saturated carbocycles. The average molecular weight is 239 g/mol. The highest BCUT2D eigenvalue weighted by molar-refractivity contribution is 5.43. The van der Waals surface area contributed by atoms with E-state index in [4.69, 9.17) is 5.73 Å². The Morgan fingerprint density at radius 3 is 2.28 bits per heavy atom. The minimum Gasteiger partial charge on any atom is -0.508 e. The van der Waals surface area contributed by atoms with Crippen molar-refractivity contribution in [2.24, 2.45) is 5.73 Å². The third-order valence-corrected chi connectivity index (χ3v) is 3.89. The highest BCUT2D eigenvalue weighted by Gasteiger charge is 2.52. The first-order valence-corrected chi connectivity index (χ1v) is 6.24. The summed E-state index contributed by atoms with van der Waals surface area (Å²) in [6.45, 7) is 2.08. The van der Waals surface area contributed by atoms with Crippen LogP contribution in [0.1, 0.15) is 29.0 Å². The van der Waals surface area contributed by atoms with E-state index >= 15 is 0 Å². The molecular weight excluding hydrogens is 222 g/mol. The highest BCUT2D eigenvalue weighted by Crippen LogP contribution is 2.56. The van der Waals surface area contributed by atoms with Gasteiger partial charge in [-0.3, -0.25) is 0 Å². The highest BCUT2D eigenvalue weighted by atomic mass is 16.3. The van der Waals surface area contributed by atoms with Crippen LogP contribution in [0.2, 0.25) is 0 Å². The number of rotatable bonds is 2. The maximum atomic E-state index is 9.31. The molecule has 18 heavy (non-hydrogen) atoms. The van der Waals surface area contributed by atoms with Gasteiger partial charge in [-0.2, -0.15) is 0 Å². The van der Waals surface area contributed by atoms with Gasteiger partial charge in [0, 0.05) is 11.5 Å². The Morgan fingerprint density at radius 2 is 1.67 bits per heavy atom. The molecule has 2 nitrogen and oxygen atoms in total. The Morgan fingerprint density at radius 1 is 1.06 bits per heavy atom. The number of nitrogens with two attached hydrogens (primary N) is 1. The summed E-state index contributed by atoms with van der Waals surface area (Å²) in [4.78, 5) is 0. The molecule has 0 aliphatic heterocycles. The van der Waals surface area contributed by atoms with Crippen molar-refractivity contribution in [2.75, 3.05) is 0 Å². The zero-order valence-electron chi connectivity index (χ0n) is 10.4. The first-order valence-electron chi connectivity index (χ1n) is 6.24. The van der Waals surface area contributed by atoms with Crippen molar-refractivity contribution in [1.29, 1.82) is 0 Å². The van der Waals surface area contributed by atoms with Crippen molar-refractivity contribution < 1.29 is 5.11 Å². The molecule has 0 aromatic heterocycles. The lowest BCUT2D eigenvalue weighted by Gasteiger charge is -2.12. The van der Waals surface area contributed by atoms with Gasteiger partial charge in [-0.25, -0.2) is 0 Å². The molecule has 0 saturated heterocycles. The number of aryl methyl sites for hydroxylation is 1. The van der Waals surface area contributed by atoms with E-state index in [-0.39, 0.29) is 5.54 Å². The summed E-state index contributed by atoms with van der Waals surface area (Å²) in [7, 11) is 0. The number of hydrogen-bond donors (Lipinski definition) is 2. The normalized spacial score (nSPS) is 26.0. The van der Waals surface area contributed by atoms with Crippen LogP contribution < -0.4 is 5.73 Å². The predicted molar refractivity (Wildman–Crippen MR) is 72.5 cm³/mol. The minimum atomic E-state index is -0.231. The zero-order valence-corrected chi connectivity index (χ0v) is 10.4. The maximum absolute atomic E-state index is 9.31. The van der Waals surface area contributed by atoms with Crippen molar-refractivity contribution in [3.63, 3.8) is 0 Å². The van der Waals surface area contributed by atoms with Crippen molar-refractivity contribution in [3.05, 3.63) is 65.2 Å².